The summed E-state index contributed by atoms with van der Waals surface area (Å²) < 4.78 is 5.29. The molecule has 0 radical (unpaired) electrons. The fourth-order valence-electron chi connectivity index (χ4n) is 2.65. The highest BCUT2D eigenvalue weighted by atomic mass is 33.1. The molecular formula is C24H33N5O4S4. The molecule has 0 aliphatic rings. The van der Waals surface area contributed by atoms with Crippen LogP contribution in [-0.2, 0) is 14.3 Å². The molecule has 202 valence electrons. The first-order valence-electron chi connectivity index (χ1n) is 11.7. The van der Waals surface area contributed by atoms with E-state index in [1.807, 2.05) is 36.4 Å². The summed E-state index contributed by atoms with van der Waals surface area (Å²) in [5, 5.41) is 10.1. The monoisotopic (exact) mass is 583 g/mol. The number of amides is 3. The molecule has 0 aliphatic heterocycles. The number of nitrogens with zero attached hydrogens (tertiary/aromatic N) is 2. The van der Waals surface area contributed by atoms with Crippen LogP contribution in [0, 0.1) is 0 Å². The normalized spacial score (nSPS) is 11.9. The van der Waals surface area contributed by atoms with Gasteiger partial charge in [-0.2, -0.15) is 0 Å². The second kappa shape index (κ2) is 17.4. The van der Waals surface area contributed by atoms with Gasteiger partial charge in [-0.15, -0.1) is 0 Å². The molecule has 1 unspecified atom stereocenters. The second-order valence-corrected chi connectivity index (χ2v) is 13.4. The lowest BCUT2D eigenvalue weighted by molar-refractivity contribution is -0.124. The van der Waals surface area contributed by atoms with Crippen LogP contribution in [0.2, 0.25) is 0 Å². The Balaban J connectivity index is 1.73. The van der Waals surface area contributed by atoms with Crippen molar-refractivity contribution in [1.82, 2.24) is 25.9 Å². The van der Waals surface area contributed by atoms with Crippen LogP contribution in [0.1, 0.15) is 33.6 Å². The third-order valence-electron chi connectivity index (χ3n) is 4.22. The Bertz CT molecular complexity index is 965. The predicted molar refractivity (Wildman–Crippen MR) is 154 cm³/mol. The van der Waals surface area contributed by atoms with Gasteiger partial charge < -0.3 is 20.7 Å². The molecule has 0 aliphatic carbocycles. The topological polar surface area (TPSA) is 122 Å². The Morgan fingerprint density at radius 3 is 1.97 bits per heavy atom. The summed E-state index contributed by atoms with van der Waals surface area (Å²) in [6, 6.07) is 10.5. The van der Waals surface area contributed by atoms with Crippen molar-refractivity contribution in [1.29, 1.82) is 0 Å². The van der Waals surface area contributed by atoms with Gasteiger partial charge in [0, 0.05) is 43.4 Å². The van der Waals surface area contributed by atoms with Gasteiger partial charge in [-0.3, -0.25) is 9.59 Å². The number of ether oxygens (including phenoxy) is 1. The minimum absolute atomic E-state index is 0.0935. The van der Waals surface area contributed by atoms with Gasteiger partial charge in [-0.25, -0.2) is 14.8 Å². The van der Waals surface area contributed by atoms with Crippen LogP contribution in [0.25, 0.3) is 0 Å². The summed E-state index contributed by atoms with van der Waals surface area (Å²) in [6.07, 6.45) is 3.02. The maximum absolute atomic E-state index is 12.8. The molecule has 3 amide bonds. The van der Waals surface area contributed by atoms with Crippen LogP contribution in [0.4, 0.5) is 4.79 Å². The molecule has 2 heterocycles. The smallest absolute Gasteiger partial charge is 0.408 e. The van der Waals surface area contributed by atoms with Crippen molar-refractivity contribution in [2.45, 2.75) is 55.3 Å². The number of aromatic nitrogens is 2. The molecule has 0 bridgehead atoms. The molecule has 0 spiro atoms. The zero-order chi connectivity index (χ0) is 26.9. The zero-order valence-electron chi connectivity index (χ0n) is 21.1. The highest BCUT2D eigenvalue weighted by molar-refractivity contribution is 8.77. The Labute approximate surface area is 234 Å². The van der Waals surface area contributed by atoms with Crippen LogP contribution < -0.4 is 16.0 Å². The van der Waals surface area contributed by atoms with Crippen molar-refractivity contribution in [3.63, 3.8) is 0 Å². The molecule has 37 heavy (non-hydrogen) atoms. The Morgan fingerprint density at radius 2 is 1.46 bits per heavy atom. The summed E-state index contributed by atoms with van der Waals surface area (Å²) in [5.74, 6) is 0.820. The van der Waals surface area contributed by atoms with E-state index in [0.29, 0.717) is 24.6 Å². The fraction of sp³-hybridized carbons (Fsp3) is 0.458. The van der Waals surface area contributed by atoms with Crippen LogP contribution in [-0.4, -0.2) is 64.1 Å². The predicted octanol–water partition coefficient (Wildman–Crippen LogP) is 4.56. The average Bonchev–Trinajstić information content (AvgIpc) is 2.86. The summed E-state index contributed by atoms with van der Waals surface area (Å²) in [6.45, 7) is 6.14. The maximum Gasteiger partial charge on any atom is 0.408 e. The third-order valence-corrected chi connectivity index (χ3v) is 8.76. The lowest BCUT2D eigenvalue weighted by Gasteiger charge is -2.23. The Hall–Kier alpha value is -2.09. The lowest BCUT2D eigenvalue weighted by atomic mass is 10.1. The summed E-state index contributed by atoms with van der Waals surface area (Å²) >= 11 is 0. The maximum atomic E-state index is 12.8. The highest BCUT2D eigenvalue weighted by Crippen LogP contribution is 2.28. The molecule has 2 aromatic heterocycles. The Kier molecular flexibility index (Phi) is 14.7. The second-order valence-electron chi connectivity index (χ2n) is 8.53. The Morgan fingerprint density at radius 1 is 0.892 bits per heavy atom. The van der Waals surface area contributed by atoms with E-state index in [1.54, 1.807) is 65.5 Å². The van der Waals surface area contributed by atoms with Gasteiger partial charge in [0.1, 0.15) is 21.7 Å². The first kappa shape index (κ1) is 31.1. The van der Waals surface area contributed by atoms with Crippen molar-refractivity contribution in [2.75, 3.05) is 24.6 Å². The van der Waals surface area contributed by atoms with Gasteiger partial charge in [0.25, 0.3) is 0 Å². The minimum atomic E-state index is -0.886. The van der Waals surface area contributed by atoms with Crippen LogP contribution >= 0.6 is 43.2 Å². The van der Waals surface area contributed by atoms with Crippen LogP contribution in [0.15, 0.2) is 58.8 Å². The average molecular weight is 584 g/mol. The van der Waals surface area contributed by atoms with E-state index in [0.717, 1.165) is 10.1 Å². The van der Waals surface area contributed by atoms with Gasteiger partial charge >= 0.3 is 6.09 Å². The van der Waals surface area contributed by atoms with Crippen molar-refractivity contribution in [3.05, 3.63) is 48.8 Å². The number of pyridine rings is 2. The van der Waals surface area contributed by atoms with E-state index < -0.39 is 17.7 Å². The highest BCUT2D eigenvalue weighted by Gasteiger charge is 2.24. The molecule has 0 saturated carbocycles. The number of rotatable bonds is 15. The van der Waals surface area contributed by atoms with Gasteiger partial charge in [-0.05, 0) is 73.0 Å². The first-order valence-corrected chi connectivity index (χ1v) is 16.3. The standard InChI is InChI=1S/C24H33N5O4S4/c1-24(2,3)33-23(32)29-18(22(31)28-15-17-35-37-21-9-5-7-13-27-21)10-11-19(30)25-14-16-34-36-20-8-4-6-12-26-20/h4-9,12-13,18H,10-11,14-17H2,1-3H3,(H,25,30)(H,28,31)(H,29,32). The van der Waals surface area contributed by atoms with Gasteiger partial charge in [-0.1, -0.05) is 33.7 Å². The van der Waals surface area contributed by atoms with Gasteiger partial charge in [0.05, 0.1) is 0 Å². The number of hydrogen-bond donors (Lipinski definition) is 3. The number of carbonyl (C=O) groups excluding carboxylic acids is 3. The van der Waals surface area contributed by atoms with E-state index in [9.17, 15) is 14.4 Å². The molecule has 2 aromatic rings. The summed E-state index contributed by atoms with van der Waals surface area (Å²) in [4.78, 5) is 45.8. The number of carbonyl (C=O) groups is 3. The molecule has 9 nitrogen and oxygen atoms in total. The van der Waals surface area contributed by atoms with Gasteiger partial charge in [0.2, 0.25) is 11.8 Å². The van der Waals surface area contributed by atoms with Crippen molar-refractivity contribution < 1.29 is 19.1 Å². The fourth-order valence-corrected chi connectivity index (χ4v) is 6.22. The minimum Gasteiger partial charge on any atom is -0.444 e. The van der Waals surface area contributed by atoms with Crippen LogP contribution in [0.5, 0.6) is 0 Å². The largest absolute Gasteiger partial charge is 0.444 e. The lowest BCUT2D eigenvalue weighted by Crippen LogP contribution is -2.49. The molecular weight excluding hydrogens is 551 g/mol. The molecule has 0 aromatic carbocycles. The molecule has 0 saturated heterocycles. The van der Waals surface area contributed by atoms with E-state index in [-0.39, 0.29) is 24.7 Å². The number of alkyl carbamates (subject to hydrolysis) is 1. The quantitative estimate of drug-likeness (QED) is 0.203. The number of hydrogen-bond acceptors (Lipinski definition) is 10. The molecule has 1 atom stereocenters. The summed E-state index contributed by atoms with van der Waals surface area (Å²) in [7, 11) is 6.24. The van der Waals surface area contributed by atoms with E-state index >= 15 is 0 Å². The number of nitrogens with one attached hydrogen (secondary N) is 3. The SMILES string of the molecule is CC(C)(C)OC(=O)NC(CCC(=O)NCCSSc1ccccn1)C(=O)NCCSSc1ccccn1. The van der Waals surface area contributed by atoms with Crippen molar-refractivity contribution in [2.24, 2.45) is 0 Å². The van der Waals surface area contributed by atoms with Gasteiger partial charge in [0.15, 0.2) is 0 Å². The van der Waals surface area contributed by atoms with Crippen molar-refractivity contribution >= 4 is 61.1 Å². The first-order chi connectivity index (χ1) is 17.7. The van der Waals surface area contributed by atoms with E-state index in [1.165, 1.54) is 10.8 Å². The van der Waals surface area contributed by atoms with Crippen molar-refractivity contribution in [3.8, 4) is 0 Å². The third kappa shape index (κ3) is 15.0. The van der Waals surface area contributed by atoms with E-state index in [2.05, 4.69) is 25.9 Å². The van der Waals surface area contributed by atoms with E-state index in [4.69, 9.17) is 4.74 Å². The summed E-state index contributed by atoms with van der Waals surface area (Å²) in [5.41, 5.74) is -0.702. The van der Waals surface area contributed by atoms with Crippen LogP contribution in [0.3, 0.4) is 0 Å². The molecule has 3 N–H and O–H groups in total. The molecule has 0 fully saturated rings. The zero-order valence-corrected chi connectivity index (χ0v) is 24.4. The molecule has 2 rings (SSSR count). The molecule has 13 heteroatoms.